The van der Waals surface area contributed by atoms with Gasteiger partial charge in [-0.3, -0.25) is 0 Å². The fraction of sp³-hybridized carbons (Fsp3) is 0.292. The van der Waals surface area contributed by atoms with Crippen molar-refractivity contribution in [3.8, 4) is 5.75 Å². The monoisotopic (exact) mass is 487 g/mol. The second-order valence-corrected chi connectivity index (χ2v) is 14.0. The Hall–Kier alpha value is -2.83. The summed E-state index contributed by atoms with van der Waals surface area (Å²) in [6, 6.07) is 12.3. The second-order valence-electron chi connectivity index (χ2n) is 8.31. The molecule has 0 aromatic heterocycles. The molecule has 1 aliphatic rings. The van der Waals surface area contributed by atoms with Gasteiger partial charge in [0.1, 0.15) is 18.7 Å². The molecule has 0 unspecified atom stereocenters. The van der Waals surface area contributed by atoms with Crippen LogP contribution in [-0.4, -0.2) is 40.3 Å². The van der Waals surface area contributed by atoms with E-state index in [2.05, 4.69) is 15.6 Å². The molecule has 0 amide bonds. The largest absolute Gasteiger partial charge is 0.495 e. The Labute approximate surface area is 196 Å². The molecule has 1 heterocycles. The quantitative estimate of drug-likeness (QED) is 0.517. The molecule has 0 spiro atoms. The van der Waals surface area contributed by atoms with Gasteiger partial charge in [-0.2, -0.15) is 0 Å². The van der Waals surface area contributed by atoms with Crippen LogP contribution in [0.2, 0.25) is 0 Å². The van der Waals surface area contributed by atoms with E-state index in [0.29, 0.717) is 23.7 Å². The van der Waals surface area contributed by atoms with Crippen LogP contribution in [0.1, 0.15) is 20.3 Å². The number of aliphatic imine (C=N–C) groups is 1. The number of nitrogens with zero attached hydrogens (tertiary/aromatic N) is 1. The van der Waals surface area contributed by atoms with Gasteiger partial charge in [-0.1, -0.05) is 18.2 Å². The van der Waals surface area contributed by atoms with Gasteiger partial charge in [0.25, 0.3) is 0 Å². The number of rotatable bonds is 8. The topological polar surface area (TPSA) is 96.9 Å². The Morgan fingerprint density at radius 2 is 1.79 bits per heavy atom. The van der Waals surface area contributed by atoms with E-state index in [1.165, 1.54) is 0 Å². The first-order valence-electron chi connectivity index (χ1n) is 10.6. The van der Waals surface area contributed by atoms with E-state index < -0.39 is 22.2 Å². The molecule has 0 atom stereocenters. The summed E-state index contributed by atoms with van der Waals surface area (Å²) in [5.74, 6) is 1.08. The van der Waals surface area contributed by atoms with Crippen LogP contribution in [0.3, 0.4) is 0 Å². The summed E-state index contributed by atoms with van der Waals surface area (Å²) in [7, 11) is -4.31. The van der Waals surface area contributed by atoms with Crippen molar-refractivity contribution in [2.24, 2.45) is 4.99 Å². The zero-order chi connectivity index (χ0) is 24.2. The highest BCUT2D eigenvalue weighted by Crippen LogP contribution is 2.37. The number of anilines is 2. The number of methoxy groups -OCH3 is 1. The van der Waals surface area contributed by atoms with Crippen molar-refractivity contribution in [2.45, 2.75) is 30.4 Å². The van der Waals surface area contributed by atoms with Crippen LogP contribution in [-0.2, 0) is 14.4 Å². The summed E-state index contributed by atoms with van der Waals surface area (Å²) in [4.78, 5) is 4.67. The average Bonchev–Trinajstić information content (AvgIpc) is 2.98. The molecule has 33 heavy (non-hydrogen) atoms. The molecule has 7 nitrogen and oxygen atoms in total. The highest BCUT2D eigenvalue weighted by atomic mass is 32.2. The predicted octanol–water partition coefficient (Wildman–Crippen LogP) is 4.85. The third-order valence-corrected chi connectivity index (χ3v) is 8.86. The molecule has 0 saturated heterocycles. The summed E-state index contributed by atoms with van der Waals surface area (Å²) in [6.45, 7) is 6.76. The average molecular weight is 488 g/mol. The standard InChI is InChI=1S/C24H30N3O4PS/c1-17(2)33(29,30)23-11-7-6-10-21(23)27-24-15-18(9-8-14-25-24)26-20-13-12-19(32(4,5)28)16-22(20)31-3/h6-7,9-17,26-27H,8H2,1-5H3. The van der Waals surface area contributed by atoms with E-state index in [1.807, 2.05) is 18.2 Å². The zero-order valence-corrected chi connectivity index (χ0v) is 21.2. The van der Waals surface area contributed by atoms with E-state index in [9.17, 15) is 13.0 Å². The first kappa shape index (κ1) is 24.8. The number of ether oxygens (including phenoxy) is 1. The first-order chi connectivity index (χ1) is 15.5. The van der Waals surface area contributed by atoms with Crippen LogP contribution in [0.25, 0.3) is 0 Å². The lowest BCUT2D eigenvalue weighted by molar-refractivity contribution is 0.417. The first-order valence-corrected chi connectivity index (χ1v) is 14.7. The molecule has 0 bridgehead atoms. The van der Waals surface area contributed by atoms with Gasteiger partial charge in [-0.25, -0.2) is 13.4 Å². The third-order valence-electron chi connectivity index (χ3n) is 5.13. The lowest BCUT2D eigenvalue weighted by Crippen LogP contribution is -2.16. The molecule has 2 aromatic rings. The van der Waals surface area contributed by atoms with Crippen molar-refractivity contribution in [3.05, 3.63) is 66.1 Å². The summed E-state index contributed by atoms with van der Waals surface area (Å²) >= 11 is 0. The summed E-state index contributed by atoms with van der Waals surface area (Å²) in [6.07, 6.45) is 6.11. The van der Waals surface area contributed by atoms with Gasteiger partial charge < -0.3 is 19.9 Å². The molecule has 176 valence electrons. The molecular formula is C24H30N3O4PS. The lowest BCUT2D eigenvalue weighted by Gasteiger charge is -2.16. The van der Waals surface area contributed by atoms with Crippen molar-refractivity contribution < 1.29 is 17.7 Å². The number of nitrogens with one attached hydrogen (secondary N) is 2. The normalized spacial score (nSPS) is 14.4. The molecule has 0 aliphatic carbocycles. The van der Waals surface area contributed by atoms with Crippen molar-refractivity contribution >= 4 is 39.9 Å². The maximum atomic E-state index is 12.8. The minimum atomic E-state index is -3.47. The van der Waals surface area contributed by atoms with Crippen molar-refractivity contribution in [2.75, 3.05) is 31.1 Å². The van der Waals surface area contributed by atoms with Crippen LogP contribution in [0.4, 0.5) is 11.4 Å². The van der Waals surface area contributed by atoms with E-state index in [-0.39, 0.29) is 4.90 Å². The molecule has 1 aliphatic heterocycles. The van der Waals surface area contributed by atoms with Gasteiger partial charge in [0, 0.05) is 29.7 Å². The number of hydrogen-bond donors (Lipinski definition) is 2. The fourth-order valence-corrected chi connectivity index (χ4v) is 5.28. The highest BCUT2D eigenvalue weighted by Gasteiger charge is 2.23. The number of allylic oxidation sites excluding steroid dienone is 2. The molecule has 9 heteroatoms. The van der Waals surface area contributed by atoms with E-state index in [0.717, 1.165) is 16.7 Å². The maximum Gasteiger partial charge on any atom is 0.182 e. The molecule has 3 rings (SSSR count). The molecule has 2 aromatic carbocycles. The van der Waals surface area contributed by atoms with E-state index >= 15 is 0 Å². The Bertz CT molecular complexity index is 1270. The number of sulfone groups is 1. The van der Waals surface area contributed by atoms with E-state index in [1.54, 1.807) is 76.9 Å². The van der Waals surface area contributed by atoms with Crippen LogP contribution < -0.4 is 20.7 Å². The van der Waals surface area contributed by atoms with Gasteiger partial charge in [0.05, 0.1) is 28.6 Å². The lowest BCUT2D eigenvalue weighted by atomic mass is 10.2. The molecule has 0 radical (unpaired) electrons. The SMILES string of the molecule is COc1cc(P(C)(C)=O)ccc1NC1=CCC=NC(Nc2ccccc2S(=O)(=O)C(C)C)=C1. The Balaban J connectivity index is 1.90. The Kier molecular flexibility index (Phi) is 7.50. The minimum Gasteiger partial charge on any atom is -0.495 e. The second kappa shape index (κ2) is 9.98. The van der Waals surface area contributed by atoms with Crippen LogP contribution in [0.5, 0.6) is 5.75 Å². The van der Waals surface area contributed by atoms with Crippen LogP contribution >= 0.6 is 7.14 Å². The van der Waals surface area contributed by atoms with Gasteiger partial charge in [0.15, 0.2) is 9.84 Å². The number of benzene rings is 2. The maximum absolute atomic E-state index is 12.8. The van der Waals surface area contributed by atoms with Gasteiger partial charge >= 0.3 is 0 Å². The van der Waals surface area contributed by atoms with Crippen molar-refractivity contribution in [3.63, 3.8) is 0 Å². The van der Waals surface area contributed by atoms with Gasteiger partial charge in [-0.15, -0.1) is 0 Å². The predicted molar refractivity (Wildman–Crippen MR) is 137 cm³/mol. The smallest absolute Gasteiger partial charge is 0.182 e. The summed E-state index contributed by atoms with van der Waals surface area (Å²) in [5, 5.41) is 6.69. The van der Waals surface area contributed by atoms with Crippen LogP contribution in [0.15, 0.2) is 76.0 Å². The number of hydrogen-bond acceptors (Lipinski definition) is 7. The minimum absolute atomic E-state index is 0.236. The zero-order valence-electron chi connectivity index (χ0n) is 19.5. The summed E-state index contributed by atoms with van der Waals surface area (Å²) in [5.41, 5.74) is 1.96. The fourth-order valence-electron chi connectivity index (χ4n) is 3.21. The molecule has 0 fully saturated rings. The highest BCUT2D eigenvalue weighted by molar-refractivity contribution is 7.92. The van der Waals surface area contributed by atoms with Crippen molar-refractivity contribution in [1.82, 2.24) is 0 Å². The van der Waals surface area contributed by atoms with Crippen LogP contribution in [0, 0.1) is 0 Å². The van der Waals surface area contributed by atoms with Gasteiger partial charge in [-0.05, 0) is 57.5 Å². The number of para-hydroxylation sites is 1. The molecule has 2 N–H and O–H groups in total. The Morgan fingerprint density at radius 3 is 2.45 bits per heavy atom. The summed E-state index contributed by atoms with van der Waals surface area (Å²) < 4.78 is 43.5. The van der Waals surface area contributed by atoms with Crippen molar-refractivity contribution in [1.29, 1.82) is 0 Å². The Morgan fingerprint density at radius 1 is 1.06 bits per heavy atom. The van der Waals surface area contributed by atoms with E-state index in [4.69, 9.17) is 4.74 Å². The molecule has 0 saturated carbocycles. The van der Waals surface area contributed by atoms with Gasteiger partial charge in [0.2, 0.25) is 0 Å². The molecular weight excluding hydrogens is 457 g/mol. The third kappa shape index (κ3) is 5.95.